The lowest BCUT2D eigenvalue weighted by Crippen LogP contribution is -2.34. The van der Waals surface area contributed by atoms with Gasteiger partial charge in [-0.2, -0.15) is 0 Å². The summed E-state index contributed by atoms with van der Waals surface area (Å²) in [5, 5.41) is 12.5. The average Bonchev–Trinajstić information content (AvgIpc) is 3.07. The van der Waals surface area contributed by atoms with E-state index in [1.807, 2.05) is 0 Å². The number of anilines is 2. The van der Waals surface area contributed by atoms with Gasteiger partial charge in [-0.25, -0.2) is 4.79 Å². The molecule has 1 aliphatic heterocycles. The van der Waals surface area contributed by atoms with E-state index in [4.69, 9.17) is 27.9 Å². The second-order valence-electron chi connectivity index (χ2n) is 8.21. The zero-order valence-electron chi connectivity index (χ0n) is 18.1. The van der Waals surface area contributed by atoms with Crippen LogP contribution >= 0.6 is 23.2 Å². The molecule has 4 rings (SSSR count). The number of nitro groups is 1. The quantitative estimate of drug-likeness (QED) is 0.202. The topological polar surface area (TPSA) is 136 Å². The highest BCUT2D eigenvalue weighted by atomic mass is 35.5. The molecule has 1 N–H and O–H groups in total. The summed E-state index contributed by atoms with van der Waals surface area (Å²) < 4.78 is 4.99. The maximum Gasteiger partial charge on any atom is 0.338 e. The van der Waals surface area contributed by atoms with Crippen LogP contribution in [0.25, 0.3) is 0 Å². The molecule has 2 fully saturated rings. The number of carbonyl (C=O) groups is 4. The predicted octanol–water partition coefficient (Wildman–Crippen LogP) is 3.50. The lowest BCUT2D eigenvalue weighted by atomic mass is 9.80. The summed E-state index contributed by atoms with van der Waals surface area (Å²) >= 11 is 12.4. The van der Waals surface area contributed by atoms with E-state index in [0.29, 0.717) is 18.5 Å². The normalized spacial score (nSPS) is 23.5. The van der Waals surface area contributed by atoms with Gasteiger partial charge < -0.3 is 10.1 Å². The van der Waals surface area contributed by atoms with Crippen LogP contribution in [0.4, 0.5) is 17.1 Å². The minimum atomic E-state index is -0.798. The maximum absolute atomic E-state index is 12.8. The molecule has 1 heterocycles. The smallest absolute Gasteiger partial charge is 0.338 e. The zero-order valence-corrected chi connectivity index (χ0v) is 19.6. The summed E-state index contributed by atoms with van der Waals surface area (Å²) in [5.74, 6) is -3.21. The number of non-ortho nitro benzene ring substituents is 1. The van der Waals surface area contributed by atoms with Gasteiger partial charge in [0.2, 0.25) is 11.8 Å². The number of fused-ring (bicyclic) bond motifs is 1. The number of halogens is 2. The van der Waals surface area contributed by atoms with Crippen molar-refractivity contribution >= 4 is 64.0 Å². The molecule has 1 aliphatic carbocycles. The number of benzene rings is 2. The molecule has 182 valence electrons. The van der Waals surface area contributed by atoms with Crippen LogP contribution in [0.2, 0.25) is 0 Å². The number of nitrogens with one attached hydrogen (secondary N) is 1. The molecule has 0 aromatic heterocycles. The summed E-state index contributed by atoms with van der Waals surface area (Å²) in [6.45, 7) is -0.616. The summed E-state index contributed by atoms with van der Waals surface area (Å²) in [4.78, 5) is 61.3. The molecule has 10 nitrogen and oxygen atoms in total. The van der Waals surface area contributed by atoms with Crippen molar-refractivity contribution in [2.45, 2.75) is 23.6 Å². The third-order valence-corrected chi connectivity index (χ3v) is 7.04. The monoisotopic (exact) mass is 519 g/mol. The second-order valence-corrected chi connectivity index (χ2v) is 9.33. The van der Waals surface area contributed by atoms with E-state index in [2.05, 4.69) is 5.32 Å². The summed E-state index contributed by atoms with van der Waals surface area (Å²) in [5.41, 5.74) is 0.409. The first-order valence-corrected chi connectivity index (χ1v) is 11.5. The SMILES string of the molecule is O=C(COC(=O)c1ccc(N2C(=O)[C@H]3C[C@H](Cl)[C@@H](Cl)C[C@H]3C2=O)cc1)Nc1cccc([N+](=O)[O-])c1. The molecular formula is C23H19Cl2N3O7. The maximum atomic E-state index is 12.8. The van der Waals surface area contributed by atoms with E-state index in [1.54, 1.807) is 0 Å². The van der Waals surface area contributed by atoms with Crippen molar-refractivity contribution in [1.82, 2.24) is 0 Å². The number of nitro benzene ring substituents is 1. The van der Waals surface area contributed by atoms with E-state index < -0.39 is 35.2 Å². The second kappa shape index (κ2) is 10.0. The first-order chi connectivity index (χ1) is 16.7. The Morgan fingerprint density at radius 2 is 1.63 bits per heavy atom. The molecule has 0 unspecified atom stereocenters. The number of esters is 1. The van der Waals surface area contributed by atoms with Crippen LogP contribution in [0, 0.1) is 22.0 Å². The Hall–Kier alpha value is -3.50. The lowest BCUT2D eigenvalue weighted by Gasteiger charge is -2.28. The Bertz CT molecular complexity index is 1180. The highest BCUT2D eigenvalue weighted by Gasteiger charge is 2.52. The Labute approximate surface area is 209 Å². The predicted molar refractivity (Wildman–Crippen MR) is 126 cm³/mol. The van der Waals surface area contributed by atoms with Gasteiger partial charge in [-0.1, -0.05) is 6.07 Å². The molecule has 1 saturated carbocycles. The molecule has 0 radical (unpaired) electrons. The Morgan fingerprint density at radius 3 is 2.20 bits per heavy atom. The number of rotatable bonds is 6. The molecule has 3 amide bonds. The lowest BCUT2D eigenvalue weighted by molar-refractivity contribution is -0.384. The fraction of sp³-hybridized carbons (Fsp3) is 0.304. The Morgan fingerprint density at radius 1 is 1.03 bits per heavy atom. The third kappa shape index (κ3) is 5.13. The fourth-order valence-electron chi connectivity index (χ4n) is 4.20. The summed E-state index contributed by atoms with van der Waals surface area (Å²) in [7, 11) is 0. The van der Waals surface area contributed by atoms with Gasteiger partial charge in [0.1, 0.15) is 0 Å². The average molecular weight is 520 g/mol. The van der Waals surface area contributed by atoms with Gasteiger partial charge in [0.25, 0.3) is 11.6 Å². The number of imide groups is 1. The zero-order chi connectivity index (χ0) is 25.3. The summed E-state index contributed by atoms with van der Waals surface area (Å²) in [6.07, 6.45) is 0.647. The molecule has 4 atom stereocenters. The summed E-state index contributed by atoms with van der Waals surface area (Å²) in [6, 6.07) is 11.0. The first kappa shape index (κ1) is 24.6. The number of hydrogen-bond acceptors (Lipinski definition) is 7. The van der Waals surface area contributed by atoms with Crippen molar-refractivity contribution < 1.29 is 28.8 Å². The van der Waals surface area contributed by atoms with E-state index in [0.717, 1.165) is 4.90 Å². The van der Waals surface area contributed by atoms with Gasteiger partial charge in [0.15, 0.2) is 6.61 Å². The molecular weight excluding hydrogens is 501 g/mol. The number of hydrogen-bond donors (Lipinski definition) is 1. The molecule has 1 saturated heterocycles. The number of ether oxygens (including phenoxy) is 1. The molecule has 2 aromatic carbocycles. The van der Waals surface area contributed by atoms with Crippen LogP contribution in [-0.4, -0.2) is 46.0 Å². The fourth-order valence-corrected chi connectivity index (χ4v) is 4.79. The van der Waals surface area contributed by atoms with Crippen LogP contribution < -0.4 is 10.2 Å². The highest BCUT2D eigenvalue weighted by Crippen LogP contribution is 2.43. The van der Waals surface area contributed by atoms with E-state index in [-0.39, 0.29) is 39.5 Å². The molecule has 0 bridgehead atoms. The molecule has 0 spiro atoms. The standard InChI is InChI=1S/C23H19Cl2N3O7/c24-18-9-16-17(10-19(18)25)22(31)27(21(16)30)14-6-4-12(5-7-14)23(32)35-11-20(29)26-13-2-1-3-15(8-13)28(33)34/h1-8,16-19H,9-11H2,(H,26,29)/t16-,17+,18-,19-/m0/s1. The molecule has 2 aromatic rings. The number of nitrogens with zero attached hydrogens (tertiary/aromatic N) is 2. The van der Waals surface area contributed by atoms with Crippen LogP contribution in [0.15, 0.2) is 48.5 Å². The van der Waals surface area contributed by atoms with Gasteiger partial charge in [0, 0.05) is 17.8 Å². The minimum absolute atomic E-state index is 0.107. The molecule has 12 heteroatoms. The molecule has 2 aliphatic rings. The Balaban J connectivity index is 1.36. The minimum Gasteiger partial charge on any atom is -0.452 e. The van der Waals surface area contributed by atoms with E-state index in [1.165, 1.54) is 48.5 Å². The van der Waals surface area contributed by atoms with Gasteiger partial charge >= 0.3 is 5.97 Å². The van der Waals surface area contributed by atoms with Gasteiger partial charge in [-0.05, 0) is 43.2 Å². The first-order valence-electron chi connectivity index (χ1n) is 10.6. The number of carbonyl (C=O) groups excluding carboxylic acids is 4. The number of alkyl halides is 2. The molecule has 35 heavy (non-hydrogen) atoms. The van der Waals surface area contributed by atoms with Crippen molar-refractivity contribution in [3.63, 3.8) is 0 Å². The highest BCUT2D eigenvalue weighted by molar-refractivity contribution is 6.31. The van der Waals surface area contributed by atoms with Crippen LogP contribution in [0.5, 0.6) is 0 Å². The van der Waals surface area contributed by atoms with Gasteiger partial charge in [-0.3, -0.25) is 29.4 Å². The van der Waals surface area contributed by atoms with Crippen LogP contribution in [0.3, 0.4) is 0 Å². The van der Waals surface area contributed by atoms with Crippen molar-refractivity contribution in [2.24, 2.45) is 11.8 Å². The van der Waals surface area contributed by atoms with Crippen molar-refractivity contribution in [3.8, 4) is 0 Å². The van der Waals surface area contributed by atoms with Crippen molar-refractivity contribution in [2.75, 3.05) is 16.8 Å². The third-order valence-electron chi connectivity index (χ3n) is 5.95. The number of amides is 3. The van der Waals surface area contributed by atoms with Crippen LogP contribution in [-0.2, 0) is 19.1 Å². The van der Waals surface area contributed by atoms with Crippen molar-refractivity contribution in [1.29, 1.82) is 0 Å². The van der Waals surface area contributed by atoms with Crippen LogP contribution in [0.1, 0.15) is 23.2 Å². The largest absolute Gasteiger partial charge is 0.452 e. The van der Waals surface area contributed by atoms with Crippen molar-refractivity contribution in [3.05, 3.63) is 64.2 Å². The van der Waals surface area contributed by atoms with E-state index in [9.17, 15) is 29.3 Å². The van der Waals surface area contributed by atoms with E-state index >= 15 is 0 Å². The van der Waals surface area contributed by atoms with Gasteiger partial charge in [0.05, 0.1) is 38.8 Å². The van der Waals surface area contributed by atoms with Gasteiger partial charge in [-0.15, -0.1) is 23.2 Å². The Kier molecular flexibility index (Phi) is 7.04.